The Balaban J connectivity index is 2.14. The van der Waals surface area contributed by atoms with Gasteiger partial charge in [0.25, 0.3) is 0 Å². The molecule has 0 radical (unpaired) electrons. The molecule has 1 unspecified atom stereocenters. The van der Waals surface area contributed by atoms with Crippen LogP contribution in [-0.2, 0) is 0 Å². The molecule has 1 N–H and O–H groups in total. The van der Waals surface area contributed by atoms with Gasteiger partial charge in [0.2, 0.25) is 0 Å². The zero-order valence-electron chi connectivity index (χ0n) is 5.94. The van der Waals surface area contributed by atoms with Gasteiger partial charge in [0.05, 0.1) is 12.6 Å². The standard InChI is InChI=1S/C7H12N2/c1-7(2)5-6(7)9-4-3-8/h6,9H,4-5H2,1-2H3. The molecule has 0 amide bonds. The smallest absolute Gasteiger partial charge is 0.0843 e. The summed E-state index contributed by atoms with van der Waals surface area (Å²) in [4.78, 5) is 0. The first-order valence-corrected chi connectivity index (χ1v) is 3.27. The fourth-order valence-electron chi connectivity index (χ4n) is 0.984. The highest BCUT2D eigenvalue weighted by Gasteiger charge is 2.44. The van der Waals surface area contributed by atoms with Gasteiger partial charge in [-0.05, 0) is 11.8 Å². The lowest BCUT2D eigenvalue weighted by Crippen LogP contribution is -2.20. The monoisotopic (exact) mass is 124 g/mol. The second-order valence-corrected chi connectivity index (χ2v) is 3.28. The largest absolute Gasteiger partial charge is 0.301 e. The van der Waals surface area contributed by atoms with Crippen molar-refractivity contribution in [2.45, 2.75) is 26.3 Å². The van der Waals surface area contributed by atoms with Crippen LogP contribution in [0.4, 0.5) is 0 Å². The Labute approximate surface area is 55.9 Å². The summed E-state index contributed by atoms with van der Waals surface area (Å²) in [6.07, 6.45) is 1.22. The van der Waals surface area contributed by atoms with E-state index in [0.29, 0.717) is 18.0 Å². The Hall–Kier alpha value is -0.550. The average Bonchev–Trinajstić information content (AvgIpc) is 2.35. The topological polar surface area (TPSA) is 35.8 Å². The first-order valence-electron chi connectivity index (χ1n) is 3.27. The van der Waals surface area contributed by atoms with Gasteiger partial charge in [-0.2, -0.15) is 5.26 Å². The molecular formula is C7H12N2. The van der Waals surface area contributed by atoms with Crippen LogP contribution < -0.4 is 5.32 Å². The molecule has 1 rings (SSSR count). The van der Waals surface area contributed by atoms with Crippen molar-refractivity contribution >= 4 is 0 Å². The summed E-state index contributed by atoms with van der Waals surface area (Å²) in [5.41, 5.74) is 0.455. The zero-order valence-corrected chi connectivity index (χ0v) is 5.94. The molecule has 50 valence electrons. The highest BCUT2D eigenvalue weighted by Crippen LogP contribution is 2.44. The van der Waals surface area contributed by atoms with E-state index in [1.165, 1.54) is 6.42 Å². The van der Waals surface area contributed by atoms with Crippen LogP contribution in [0.15, 0.2) is 0 Å². The Morgan fingerprint density at radius 3 is 2.67 bits per heavy atom. The Morgan fingerprint density at radius 2 is 2.33 bits per heavy atom. The van der Waals surface area contributed by atoms with Crippen molar-refractivity contribution in [2.75, 3.05) is 6.54 Å². The maximum atomic E-state index is 8.20. The average molecular weight is 124 g/mol. The van der Waals surface area contributed by atoms with Crippen molar-refractivity contribution in [2.24, 2.45) is 5.41 Å². The molecule has 0 bridgehead atoms. The van der Waals surface area contributed by atoms with E-state index in [-0.39, 0.29) is 0 Å². The molecule has 0 aromatic heterocycles. The van der Waals surface area contributed by atoms with Crippen LogP contribution in [0.1, 0.15) is 20.3 Å². The van der Waals surface area contributed by atoms with Gasteiger partial charge in [0.15, 0.2) is 0 Å². The summed E-state index contributed by atoms with van der Waals surface area (Å²) in [6, 6.07) is 2.66. The van der Waals surface area contributed by atoms with Gasteiger partial charge in [-0.1, -0.05) is 13.8 Å². The predicted octanol–water partition coefficient (Wildman–Crippen LogP) is 0.898. The molecule has 0 aromatic rings. The van der Waals surface area contributed by atoms with E-state index in [2.05, 4.69) is 25.2 Å². The van der Waals surface area contributed by atoms with E-state index in [1.807, 2.05) is 0 Å². The molecule has 0 spiro atoms. The molecule has 1 fully saturated rings. The van der Waals surface area contributed by atoms with Gasteiger partial charge < -0.3 is 5.32 Å². The molecular weight excluding hydrogens is 112 g/mol. The molecule has 0 aromatic carbocycles. The third-order valence-corrected chi connectivity index (χ3v) is 1.94. The van der Waals surface area contributed by atoms with E-state index >= 15 is 0 Å². The maximum absolute atomic E-state index is 8.20. The molecule has 0 saturated heterocycles. The fraction of sp³-hybridized carbons (Fsp3) is 0.857. The Bertz CT molecular complexity index is 143. The fourth-order valence-corrected chi connectivity index (χ4v) is 0.984. The van der Waals surface area contributed by atoms with E-state index in [9.17, 15) is 0 Å². The SMILES string of the molecule is CC1(C)CC1NCC#N. The van der Waals surface area contributed by atoms with Crippen LogP contribution in [0.25, 0.3) is 0 Å². The van der Waals surface area contributed by atoms with Crippen LogP contribution >= 0.6 is 0 Å². The summed E-state index contributed by atoms with van der Waals surface area (Å²) in [5, 5.41) is 11.3. The van der Waals surface area contributed by atoms with Crippen molar-refractivity contribution < 1.29 is 0 Å². The molecule has 9 heavy (non-hydrogen) atoms. The molecule has 2 heteroatoms. The Morgan fingerprint density at radius 1 is 1.78 bits per heavy atom. The number of hydrogen-bond donors (Lipinski definition) is 1. The lowest BCUT2D eigenvalue weighted by Gasteiger charge is -2.00. The quantitative estimate of drug-likeness (QED) is 0.555. The van der Waals surface area contributed by atoms with Gasteiger partial charge in [-0.3, -0.25) is 0 Å². The van der Waals surface area contributed by atoms with Crippen molar-refractivity contribution in [3.05, 3.63) is 0 Å². The highest BCUT2D eigenvalue weighted by atomic mass is 15.0. The first-order chi connectivity index (χ1) is 4.17. The molecule has 1 aliphatic rings. The molecule has 2 nitrogen and oxygen atoms in total. The lowest BCUT2D eigenvalue weighted by molar-refractivity contribution is 0.563. The van der Waals surface area contributed by atoms with Crippen molar-refractivity contribution in [3.8, 4) is 6.07 Å². The summed E-state index contributed by atoms with van der Waals surface area (Å²) in [6.45, 7) is 4.91. The van der Waals surface area contributed by atoms with Crippen LogP contribution in [0.3, 0.4) is 0 Å². The molecule has 0 heterocycles. The van der Waals surface area contributed by atoms with Crippen LogP contribution in [0.5, 0.6) is 0 Å². The van der Waals surface area contributed by atoms with Gasteiger partial charge in [-0.15, -0.1) is 0 Å². The van der Waals surface area contributed by atoms with Crippen molar-refractivity contribution in [1.82, 2.24) is 5.32 Å². The van der Waals surface area contributed by atoms with Crippen LogP contribution in [0, 0.1) is 16.7 Å². The molecule has 0 aliphatic heterocycles. The third kappa shape index (κ3) is 1.43. The number of nitrogens with zero attached hydrogens (tertiary/aromatic N) is 1. The van der Waals surface area contributed by atoms with Crippen molar-refractivity contribution in [1.29, 1.82) is 5.26 Å². The molecule has 1 saturated carbocycles. The van der Waals surface area contributed by atoms with Gasteiger partial charge in [-0.25, -0.2) is 0 Å². The van der Waals surface area contributed by atoms with E-state index in [0.717, 1.165) is 0 Å². The minimum Gasteiger partial charge on any atom is -0.301 e. The van der Waals surface area contributed by atoms with E-state index < -0.39 is 0 Å². The summed E-state index contributed by atoms with van der Waals surface area (Å²) >= 11 is 0. The summed E-state index contributed by atoms with van der Waals surface area (Å²) in [5.74, 6) is 0. The van der Waals surface area contributed by atoms with Crippen LogP contribution in [-0.4, -0.2) is 12.6 Å². The maximum Gasteiger partial charge on any atom is 0.0843 e. The third-order valence-electron chi connectivity index (χ3n) is 1.94. The van der Waals surface area contributed by atoms with Crippen molar-refractivity contribution in [3.63, 3.8) is 0 Å². The van der Waals surface area contributed by atoms with Gasteiger partial charge >= 0.3 is 0 Å². The normalized spacial score (nSPS) is 29.2. The summed E-state index contributed by atoms with van der Waals surface area (Å²) in [7, 11) is 0. The minimum atomic E-state index is 0.455. The van der Waals surface area contributed by atoms with E-state index in [4.69, 9.17) is 5.26 Å². The Kier molecular flexibility index (Phi) is 1.46. The van der Waals surface area contributed by atoms with Crippen LogP contribution in [0.2, 0.25) is 0 Å². The van der Waals surface area contributed by atoms with Gasteiger partial charge in [0, 0.05) is 6.04 Å². The number of hydrogen-bond acceptors (Lipinski definition) is 2. The number of nitriles is 1. The molecule has 1 aliphatic carbocycles. The lowest BCUT2D eigenvalue weighted by atomic mass is 10.2. The van der Waals surface area contributed by atoms with Gasteiger partial charge in [0.1, 0.15) is 0 Å². The van der Waals surface area contributed by atoms with E-state index in [1.54, 1.807) is 0 Å². The highest BCUT2D eigenvalue weighted by molar-refractivity contribution is 5.02. The predicted molar refractivity (Wildman–Crippen MR) is 35.8 cm³/mol. The first kappa shape index (κ1) is 6.57. The number of rotatable bonds is 2. The second-order valence-electron chi connectivity index (χ2n) is 3.28. The molecule has 1 atom stereocenters. The zero-order chi connectivity index (χ0) is 6.91. The second kappa shape index (κ2) is 2.00. The minimum absolute atomic E-state index is 0.455. The summed E-state index contributed by atoms with van der Waals surface area (Å²) < 4.78 is 0. The number of nitrogens with one attached hydrogen (secondary N) is 1.